The summed E-state index contributed by atoms with van der Waals surface area (Å²) in [5.74, 6) is -1.97. The van der Waals surface area contributed by atoms with Crippen LogP contribution in [0.2, 0.25) is 0 Å². The van der Waals surface area contributed by atoms with Crippen molar-refractivity contribution in [1.29, 1.82) is 5.26 Å². The molecular formula is C21H17F3N6O4S. The molecule has 3 rings (SSSR count). The van der Waals surface area contributed by atoms with Crippen LogP contribution in [0.3, 0.4) is 0 Å². The lowest BCUT2D eigenvalue weighted by Crippen LogP contribution is -2.36. The number of nitrogens with zero attached hydrogens (tertiary/aromatic N) is 4. The summed E-state index contributed by atoms with van der Waals surface area (Å²) < 4.78 is 62.1. The number of nitrogens with one attached hydrogen (secondary N) is 2. The van der Waals surface area contributed by atoms with Crippen molar-refractivity contribution in [3.63, 3.8) is 0 Å². The maximum absolute atomic E-state index is 12.5. The minimum Gasteiger partial charge on any atom is -0.345 e. The van der Waals surface area contributed by atoms with E-state index in [9.17, 15) is 26.4 Å². The van der Waals surface area contributed by atoms with Crippen LogP contribution in [0.15, 0.2) is 65.8 Å². The van der Waals surface area contributed by atoms with Crippen LogP contribution in [-0.2, 0) is 26.1 Å². The van der Waals surface area contributed by atoms with Gasteiger partial charge in [0, 0.05) is 24.5 Å². The van der Waals surface area contributed by atoms with E-state index in [-0.39, 0.29) is 22.4 Å². The molecule has 0 radical (unpaired) electrons. The number of carbonyl (C=O) groups excluding carboxylic acids is 1. The summed E-state index contributed by atoms with van der Waals surface area (Å²) in [5.41, 5.74) is 1.81. The topological polar surface area (TPSA) is 137 Å². The lowest BCUT2D eigenvalue weighted by Gasteiger charge is -2.17. The second-order valence-corrected chi connectivity index (χ2v) is 8.83. The third kappa shape index (κ3) is 6.65. The van der Waals surface area contributed by atoms with Crippen molar-refractivity contribution in [2.75, 3.05) is 17.7 Å². The van der Waals surface area contributed by atoms with Gasteiger partial charge in [-0.3, -0.25) is 0 Å². The molecule has 2 N–H and O–H groups in total. The summed E-state index contributed by atoms with van der Waals surface area (Å²) in [7, 11) is -3.91. The molecule has 0 spiro atoms. The number of aromatic nitrogens is 2. The summed E-state index contributed by atoms with van der Waals surface area (Å²) in [5, 5.41) is 14.7. The summed E-state index contributed by atoms with van der Waals surface area (Å²) in [4.78, 5) is 22.6. The highest BCUT2D eigenvalue weighted by molar-refractivity contribution is 7.89. The van der Waals surface area contributed by atoms with Gasteiger partial charge in [0.05, 0.1) is 17.4 Å². The number of hydroxylamine groups is 1. The number of sulfonamides is 1. The van der Waals surface area contributed by atoms with E-state index < -0.39 is 27.1 Å². The van der Waals surface area contributed by atoms with Gasteiger partial charge in [-0.1, -0.05) is 18.2 Å². The molecule has 0 saturated carbocycles. The highest BCUT2D eigenvalue weighted by atomic mass is 32.2. The molecule has 0 aliphatic rings. The first-order chi connectivity index (χ1) is 16.5. The van der Waals surface area contributed by atoms with Crippen molar-refractivity contribution >= 4 is 39.0 Å². The average molecular weight is 506 g/mol. The van der Waals surface area contributed by atoms with E-state index in [1.165, 1.54) is 18.5 Å². The first kappa shape index (κ1) is 25.4. The van der Waals surface area contributed by atoms with Crippen molar-refractivity contribution in [2.45, 2.75) is 17.5 Å². The molecule has 0 fully saturated rings. The van der Waals surface area contributed by atoms with Gasteiger partial charge in [0.15, 0.2) is 0 Å². The number of hydrogen-bond acceptors (Lipinski definition) is 9. The molecule has 1 aromatic heterocycles. The maximum Gasteiger partial charge on any atom is 0.492 e. The molecule has 1 heterocycles. The number of halogens is 3. The minimum absolute atomic E-state index is 0.156. The van der Waals surface area contributed by atoms with E-state index in [0.29, 0.717) is 18.6 Å². The van der Waals surface area contributed by atoms with E-state index in [2.05, 4.69) is 31.5 Å². The molecule has 0 amide bonds. The number of nitriles is 1. The summed E-state index contributed by atoms with van der Waals surface area (Å²) in [6.07, 6.45) is -3.80. The van der Waals surface area contributed by atoms with Crippen molar-refractivity contribution < 1.29 is 31.2 Å². The molecule has 35 heavy (non-hydrogen) atoms. The monoisotopic (exact) mass is 506 g/mol. The Morgan fingerprint density at radius 1 is 1.06 bits per heavy atom. The Balaban J connectivity index is 1.74. The van der Waals surface area contributed by atoms with Crippen molar-refractivity contribution in [2.24, 2.45) is 0 Å². The quantitative estimate of drug-likeness (QED) is 0.438. The Labute approximate surface area is 198 Å². The molecule has 0 unspecified atom stereocenters. The third-order valence-corrected chi connectivity index (χ3v) is 5.96. The van der Waals surface area contributed by atoms with Gasteiger partial charge in [0.1, 0.15) is 18.0 Å². The smallest absolute Gasteiger partial charge is 0.345 e. The lowest BCUT2D eigenvalue weighted by atomic mass is 10.1. The van der Waals surface area contributed by atoms with E-state index in [0.717, 1.165) is 17.7 Å². The fraction of sp³-hybridized carbons (Fsp3) is 0.143. The van der Waals surface area contributed by atoms with Crippen LogP contribution in [-0.4, -0.2) is 42.0 Å². The molecule has 0 atom stereocenters. The Bertz CT molecular complexity index is 1360. The molecule has 0 saturated heterocycles. The predicted molar refractivity (Wildman–Crippen MR) is 118 cm³/mol. The van der Waals surface area contributed by atoms with Gasteiger partial charge in [0.25, 0.3) is 10.0 Å². The number of alkyl halides is 3. The van der Waals surface area contributed by atoms with E-state index in [1.807, 2.05) is 0 Å². The Kier molecular flexibility index (Phi) is 7.52. The minimum atomic E-state index is -5.36. The van der Waals surface area contributed by atoms with Crippen molar-refractivity contribution in [3.05, 3.63) is 66.5 Å². The van der Waals surface area contributed by atoms with Gasteiger partial charge in [-0.15, -0.1) is 0 Å². The number of benzene rings is 2. The number of rotatable bonds is 8. The maximum atomic E-state index is 12.5. The zero-order valence-corrected chi connectivity index (χ0v) is 18.8. The van der Waals surface area contributed by atoms with Crippen molar-refractivity contribution in [1.82, 2.24) is 14.4 Å². The normalized spacial score (nSPS) is 11.5. The van der Waals surface area contributed by atoms with Crippen LogP contribution in [0.1, 0.15) is 5.56 Å². The Morgan fingerprint density at radius 3 is 2.29 bits per heavy atom. The molecule has 3 aromatic rings. The second-order valence-electron chi connectivity index (χ2n) is 6.89. The number of anilines is 4. The highest BCUT2D eigenvalue weighted by Crippen LogP contribution is 2.24. The van der Waals surface area contributed by atoms with Crippen LogP contribution in [0, 0.1) is 11.3 Å². The van der Waals surface area contributed by atoms with E-state index in [4.69, 9.17) is 5.26 Å². The number of hydrogen-bond donors (Lipinski definition) is 2. The molecule has 0 bridgehead atoms. The molecule has 14 heteroatoms. The van der Waals surface area contributed by atoms with Gasteiger partial charge >= 0.3 is 12.1 Å². The zero-order valence-electron chi connectivity index (χ0n) is 17.9. The largest absolute Gasteiger partial charge is 0.492 e. The van der Waals surface area contributed by atoms with Crippen LogP contribution < -0.4 is 10.6 Å². The fourth-order valence-corrected chi connectivity index (χ4v) is 3.68. The molecule has 182 valence electrons. The van der Waals surface area contributed by atoms with E-state index in [1.54, 1.807) is 30.3 Å². The molecule has 10 nitrogen and oxygen atoms in total. The third-order valence-electron chi connectivity index (χ3n) is 4.36. The SMILES string of the molecule is CN(OC(=O)C(F)(F)F)S(=O)(=O)c1cccc(Nc2cc(Nc3ccc(CC#N)cc3)ncn2)c1. The molecular weight excluding hydrogens is 489 g/mol. The molecule has 2 aromatic carbocycles. The van der Waals surface area contributed by atoms with Gasteiger partial charge in [-0.25, -0.2) is 23.2 Å². The Morgan fingerprint density at radius 2 is 1.69 bits per heavy atom. The van der Waals surface area contributed by atoms with Crippen LogP contribution in [0.4, 0.5) is 36.2 Å². The first-order valence-electron chi connectivity index (χ1n) is 9.69. The van der Waals surface area contributed by atoms with Gasteiger partial charge in [-0.2, -0.15) is 18.4 Å². The number of carbonyl (C=O) groups is 1. The van der Waals surface area contributed by atoms with Gasteiger partial charge < -0.3 is 15.5 Å². The predicted octanol–water partition coefficient (Wildman–Crippen LogP) is 3.67. The summed E-state index contributed by atoms with van der Waals surface area (Å²) in [6.45, 7) is 0. The van der Waals surface area contributed by atoms with Crippen molar-refractivity contribution in [3.8, 4) is 6.07 Å². The lowest BCUT2D eigenvalue weighted by molar-refractivity contribution is -0.219. The first-order valence-corrected chi connectivity index (χ1v) is 11.1. The van der Waals surface area contributed by atoms with Crippen LogP contribution in [0.25, 0.3) is 0 Å². The highest BCUT2D eigenvalue weighted by Gasteiger charge is 2.43. The van der Waals surface area contributed by atoms with Crippen LogP contribution >= 0.6 is 0 Å². The average Bonchev–Trinajstić information content (AvgIpc) is 2.80. The van der Waals surface area contributed by atoms with E-state index >= 15 is 0 Å². The van der Waals surface area contributed by atoms with Crippen LogP contribution in [0.5, 0.6) is 0 Å². The summed E-state index contributed by atoms with van der Waals surface area (Å²) in [6, 6.07) is 15.9. The van der Waals surface area contributed by atoms with Gasteiger partial charge in [-0.05, 0) is 40.4 Å². The standard InChI is InChI=1S/C21H17F3N6O4S/c1-30(34-20(31)21(22,23)24)35(32,33)17-4-2-3-16(11-17)29-19-12-18(26-13-27-19)28-15-7-5-14(6-8-15)9-10-25/h2-8,11-13H,9H2,1H3,(H2,26,27,28,29). The fourth-order valence-electron chi connectivity index (χ4n) is 2.69. The Hall–Kier alpha value is -4.22. The van der Waals surface area contributed by atoms with Gasteiger partial charge in [0.2, 0.25) is 0 Å². The molecule has 0 aliphatic heterocycles. The summed E-state index contributed by atoms with van der Waals surface area (Å²) >= 11 is 0. The molecule has 0 aliphatic carbocycles. The zero-order chi connectivity index (χ0) is 25.6. The second kappa shape index (κ2) is 10.4.